The van der Waals surface area contributed by atoms with Crippen LogP contribution in [-0.4, -0.2) is 37.0 Å². The van der Waals surface area contributed by atoms with Crippen LogP contribution in [0, 0.1) is 0 Å². The van der Waals surface area contributed by atoms with Crippen molar-refractivity contribution in [3.63, 3.8) is 0 Å². The highest BCUT2D eigenvalue weighted by molar-refractivity contribution is 7.20. The van der Waals surface area contributed by atoms with E-state index >= 15 is 0 Å². The van der Waals surface area contributed by atoms with Crippen LogP contribution >= 0.6 is 22.7 Å². The summed E-state index contributed by atoms with van der Waals surface area (Å²) in [7, 11) is 1.72. The Labute approximate surface area is 115 Å². The van der Waals surface area contributed by atoms with Crippen LogP contribution in [0.1, 0.15) is 11.4 Å². The monoisotopic (exact) mass is 283 g/mol. The van der Waals surface area contributed by atoms with Crippen LogP contribution in [0.25, 0.3) is 9.88 Å². The van der Waals surface area contributed by atoms with Gasteiger partial charge in [-0.15, -0.1) is 21.5 Å². The van der Waals surface area contributed by atoms with Crippen molar-refractivity contribution in [1.82, 2.24) is 15.5 Å². The summed E-state index contributed by atoms with van der Waals surface area (Å²) in [5.74, 6) is 0. The number of hydrogen-bond donors (Lipinski definition) is 1. The van der Waals surface area contributed by atoms with Gasteiger partial charge in [-0.2, -0.15) is 0 Å². The Kier molecular flexibility index (Phi) is 5.73. The van der Waals surface area contributed by atoms with Crippen LogP contribution in [-0.2, 0) is 11.2 Å². The zero-order valence-electron chi connectivity index (χ0n) is 10.4. The molecule has 0 spiro atoms. The molecule has 98 valence electrons. The van der Waals surface area contributed by atoms with Gasteiger partial charge in [-0.25, -0.2) is 0 Å². The third-order valence-electron chi connectivity index (χ3n) is 2.43. The fraction of sp³-hybridized carbons (Fsp3) is 0.500. The standard InChI is InChI=1S/C12H17N3OS2/c1-16-8-7-13-6-2-5-11-14-15-12(18-11)10-4-3-9-17-10/h3-4,9,13H,2,5-8H2,1H3. The molecule has 0 aliphatic rings. The lowest BCUT2D eigenvalue weighted by Crippen LogP contribution is -2.20. The number of nitrogens with zero attached hydrogens (tertiary/aromatic N) is 2. The Morgan fingerprint density at radius 3 is 3.06 bits per heavy atom. The Balaban J connectivity index is 1.71. The highest BCUT2D eigenvalue weighted by Crippen LogP contribution is 2.27. The number of nitrogens with one attached hydrogen (secondary N) is 1. The van der Waals surface area contributed by atoms with Gasteiger partial charge in [0.2, 0.25) is 0 Å². The average molecular weight is 283 g/mol. The maximum Gasteiger partial charge on any atom is 0.157 e. The highest BCUT2D eigenvalue weighted by Gasteiger charge is 2.06. The van der Waals surface area contributed by atoms with Crippen LogP contribution in [0.3, 0.4) is 0 Å². The van der Waals surface area contributed by atoms with Crippen molar-refractivity contribution < 1.29 is 4.74 Å². The van der Waals surface area contributed by atoms with Crippen molar-refractivity contribution in [2.45, 2.75) is 12.8 Å². The summed E-state index contributed by atoms with van der Waals surface area (Å²) in [6.07, 6.45) is 2.08. The van der Waals surface area contributed by atoms with E-state index in [0.717, 1.165) is 42.6 Å². The first kappa shape index (κ1) is 13.6. The molecule has 2 aromatic heterocycles. The van der Waals surface area contributed by atoms with Gasteiger partial charge in [0.15, 0.2) is 5.01 Å². The van der Waals surface area contributed by atoms with Crippen LogP contribution in [0.15, 0.2) is 17.5 Å². The molecule has 0 atom stereocenters. The van der Waals surface area contributed by atoms with Crippen molar-refractivity contribution in [2.24, 2.45) is 0 Å². The van der Waals surface area contributed by atoms with E-state index in [9.17, 15) is 0 Å². The van der Waals surface area contributed by atoms with Gasteiger partial charge in [-0.1, -0.05) is 17.4 Å². The smallest absolute Gasteiger partial charge is 0.157 e. The minimum Gasteiger partial charge on any atom is -0.383 e. The lowest BCUT2D eigenvalue weighted by atomic mass is 10.3. The maximum atomic E-state index is 4.97. The number of thiophene rings is 1. The molecule has 6 heteroatoms. The van der Waals surface area contributed by atoms with E-state index < -0.39 is 0 Å². The van der Waals surface area contributed by atoms with Crippen LogP contribution in [0.4, 0.5) is 0 Å². The van der Waals surface area contributed by atoms with Gasteiger partial charge >= 0.3 is 0 Å². The number of rotatable bonds is 8. The fourth-order valence-electron chi connectivity index (χ4n) is 1.52. The second kappa shape index (κ2) is 7.58. The topological polar surface area (TPSA) is 47.0 Å². The molecule has 0 saturated heterocycles. The summed E-state index contributed by atoms with van der Waals surface area (Å²) in [5.41, 5.74) is 0. The summed E-state index contributed by atoms with van der Waals surface area (Å²) in [6, 6.07) is 4.13. The van der Waals surface area contributed by atoms with Gasteiger partial charge in [0.1, 0.15) is 5.01 Å². The molecule has 4 nitrogen and oxygen atoms in total. The van der Waals surface area contributed by atoms with Crippen molar-refractivity contribution in [3.05, 3.63) is 22.5 Å². The molecular weight excluding hydrogens is 266 g/mol. The molecule has 0 bridgehead atoms. The van der Waals surface area contributed by atoms with Gasteiger partial charge in [0, 0.05) is 20.1 Å². The van der Waals surface area contributed by atoms with Crippen molar-refractivity contribution >= 4 is 22.7 Å². The summed E-state index contributed by atoms with van der Waals surface area (Å²) in [5, 5.41) is 16.0. The molecule has 2 aromatic rings. The molecule has 2 heterocycles. The molecule has 0 fully saturated rings. The zero-order chi connectivity index (χ0) is 12.6. The first-order chi connectivity index (χ1) is 8.90. The Morgan fingerprint density at radius 1 is 1.33 bits per heavy atom. The van der Waals surface area contributed by atoms with Gasteiger partial charge in [0.25, 0.3) is 0 Å². The van der Waals surface area contributed by atoms with E-state index in [0.29, 0.717) is 0 Å². The molecule has 2 rings (SSSR count). The number of aromatic nitrogens is 2. The number of hydrogen-bond acceptors (Lipinski definition) is 6. The lowest BCUT2D eigenvalue weighted by molar-refractivity contribution is 0.199. The summed E-state index contributed by atoms with van der Waals surface area (Å²) >= 11 is 3.40. The first-order valence-corrected chi connectivity index (χ1v) is 7.65. The minimum absolute atomic E-state index is 0.765. The van der Waals surface area contributed by atoms with Gasteiger partial charge in [0.05, 0.1) is 11.5 Å². The van der Waals surface area contributed by atoms with Crippen LogP contribution in [0.2, 0.25) is 0 Å². The SMILES string of the molecule is COCCNCCCc1nnc(-c2cccs2)s1. The van der Waals surface area contributed by atoms with Crippen LogP contribution in [0.5, 0.6) is 0 Å². The van der Waals surface area contributed by atoms with E-state index in [2.05, 4.69) is 27.0 Å². The quantitative estimate of drug-likeness (QED) is 0.756. The van der Waals surface area contributed by atoms with Gasteiger partial charge in [-0.05, 0) is 24.4 Å². The lowest BCUT2D eigenvalue weighted by Gasteiger charge is -2.01. The minimum atomic E-state index is 0.765. The van der Waals surface area contributed by atoms with Gasteiger partial charge < -0.3 is 10.1 Å². The predicted octanol–water partition coefficient (Wildman–Crippen LogP) is 2.44. The van der Waals surface area contributed by atoms with Crippen molar-refractivity contribution in [3.8, 4) is 9.88 Å². The summed E-state index contributed by atoms with van der Waals surface area (Å²) in [4.78, 5) is 1.21. The van der Waals surface area contributed by atoms with E-state index in [1.807, 2.05) is 6.07 Å². The van der Waals surface area contributed by atoms with Crippen molar-refractivity contribution in [2.75, 3.05) is 26.8 Å². The largest absolute Gasteiger partial charge is 0.383 e. The molecular formula is C12H17N3OS2. The molecule has 0 aliphatic carbocycles. The second-order valence-corrected chi connectivity index (χ2v) is 5.83. The molecule has 0 amide bonds. The average Bonchev–Trinajstić information content (AvgIpc) is 3.03. The van der Waals surface area contributed by atoms with Gasteiger partial charge in [-0.3, -0.25) is 0 Å². The molecule has 0 radical (unpaired) electrons. The summed E-state index contributed by atoms with van der Waals surface area (Å²) < 4.78 is 4.97. The number of aryl methyl sites for hydroxylation is 1. The van der Waals surface area contributed by atoms with Crippen molar-refractivity contribution in [1.29, 1.82) is 0 Å². The fourth-order valence-corrected chi connectivity index (χ4v) is 3.19. The predicted molar refractivity (Wildman–Crippen MR) is 76.3 cm³/mol. The van der Waals surface area contributed by atoms with E-state index in [1.54, 1.807) is 29.8 Å². The normalized spacial score (nSPS) is 10.9. The molecule has 0 aliphatic heterocycles. The molecule has 0 saturated carbocycles. The van der Waals surface area contributed by atoms with Crippen LogP contribution < -0.4 is 5.32 Å². The second-order valence-electron chi connectivity index (χ2n) is 3.82. The Morgan fingerprint density at radius 2 is 2.28 bits per heavy atom. The third-order valence-corrected chi connectivity index (χ3v) is 4.45. The Hall–Kier alpha value is -0.820. The summed E-state index contributed by atoms with van der Waals surface area (Å²) in [6.45, 7) is 2.67. The molecule has 0 unspecified atom stereocenters. The van der Waals surface area contributed by atoms with E-state index in [4.69, 9.17) is 4.74 Å². The molecule has 1 N–H and O–H groups in total. The zero-order valence-corrected chi connectivity index (χ0v) is 12.0. The number of ether oxygens (including phenoxy) is 1. The van der Waals surface area contributed by atoms with E-state index in [-0.39, 0.29) is 0 Å². The number of methoxy groups -OCH3 is 1. The Bertz CT molecular complexity index is 442. The molecule has 0 aromatic carbocycles. The first-order valence-electron chi connectivity index (χ1n) is 5.96. The molecule has 18 heavy (non-hydrogen) atoms. The highest BCUT2D eigenvalue weighted by atomic mass is 32.1. The maximum absolute atomic E-state index is 4.97. The third kappa shape index (κ3) is 4.13. The van der Waals surface area contributed by atoms with E-state index in [1.165, 1.54) is 4.88 Å².